The number of aliphatic carboxylic acids is 1. The van der Waals surface area contributed by atoms with Crippen LogP contribution in [0, 0.1) is 11.8 Å². The Hall–Kier alpha value is -1.63. The summed E-state index contributed by atoms with van der Waals surface area (Å²) in [6, 6.07) is 0. The topological polar surface area (TPSA) is 99.2 Å². The van der Waals surface area contributed by atoms with E-state index in [2.05, 4.69) is 15.2 Å². The summed E-state index contributed by atoms with van der Waals surface area (Å²) >= 11 is 5.60. The number of hydrogen-bond acceptors (Lipinski definition) is 4. The average molecular weight is 315 g/mol. The van der Waals surface area contributed by atoms with E-state index < -0.39 is 11.9 Å². The molecule has 0 aromatic carbocycles. The molecule has 1 fully saturated rings. The van der Waals surface area contributed by atoms with Gasteiger partial charge in [-0.1, -0.05) is 13.3 Å². The van der Waals surface area contributed by atoms with Crippen molar-refractivity contribution in [3.63, 3.8) is 0 Å². The second-order valence-electron chi connectivity index (χ2n) is 5.34. The maximum atomic E-state index is 12.2. The third-order valence-corrected chi connectivity index (χ3v) is 4.02. The van der Waals surface area contributed by atoms with Gasteiger partial charge in [0.2, 0.25) is 11.2 Å². The fraction of sp³-hybridized carbons (Fsp3) is 0.692. The molecule has 2 heterocycles. The summed E-state index contributed by atoms with van der Waals surface area (Å²) in [7, 11) is 0. The van der Waals surface area contributed by atoms with Gasteiger partial charge in [-0.3, -0.25) is 14.7 Å². The molecule has 2 atom stereocenters. The highest BCUT2D eigenvalue weighted by atomic mass is 35.5. The lowest BCUT2D eigenvalue weighted by Gasteiger charge is -2.15. The predicted molar refractivity (Wildman–Crippen MR) is 75.8 cm³/mol. The van der Waals surface area contributed by atoms with Crippen molar-refractivity contribution in [2.75, 3.05) is 13.1 Å². The zero-order valence-corrected chi connectivity index (χ0v) is 12.6. The van der Waals surface area contributed by atoms with Gasteiger partial charge in [-0.15, -0.1) is 5.10 Å². The number of aryl methyl sites for hydroxylation is 1. The van der Waals surface area contributed by atoms with Crippen LogP contribution in [0.15, 0.2) is 0 Å². The van der Waals surface area contributed by atoms with E-state index in [1.165, 1.54) is 0 Å². The van der Waals surface area contributed by atoms with Crippen molar-refractivity contribution in [2.45, 2.75) is 32.6 Å². The molecule has 2 N–H and O–H groups in total. The molecule has 21 heavy (non-hydrogen) atoms. The molecular formula is C13H19ClN4O3. The SMILES string of the molecule is CCC[C@@H]1CN(C(=O)CCc2nc(Cl)n[nH]2)C[C@H]1C(=O)O. The molecule has 1 amide bonds. The number of hydrogen-bond donors (Lipinski definition) is 2. The molecular weight excluding hydrogens is 296 g/mol. The van der Waals surface area contributed by atoms with Gasteiger partial charge in [0.15, 0.2) is 0 Å². The summed E-state index contributed by atoms with van der Waals surface area (Å²) in [5.41, 5.74) is 0. The van der Waals surface area contributed by atoms with Gasteiger partial charge in [0.25, 0.3) is 0 Å². The summed E-state index contributed by atoms with van der Waals surface area (Å²) < 4.78 is 0. The summed E-state index contributed by atoms with van der Waals surface area (Å²) in [6.45, 7) is 2.85. The lowest BCUT2D eigenvalue weighted by atomic mass is 9.92. The minimum absolute atomic E-state index is 0.0487. The Kier molecular flexibility index (Phi) is 5.17. The van der Waals surface area contributed by atoms with Crippen LogP contribution in [0.2, 0.25) is 5.28 Å². The van der Waals surface area contributed by atoms with Gasteiger partial charge in [0.05, 0.1) is 5.92 Å². The largest absolute Gasteiger partial charge is 0.481 e. The van der Waals surface area contributed by atoms with Gasteiger partial charge in [0, 0.05) is 25.9 Å². The number of amides is 1. The number of H-pyrrole nitrogens is 1. The van der Waals surface area contributed by atoms with Crippen LogP contribution in [0.4, 0.5) is 0 Å². The smallest absolute Gasteiger partial charge is 0.308 e. The van der Waals surface area contributed by atoms with E-state index in [0.717, 1.165) is 12.8 Å². The molecule has 0 spiro atoms. The number of nitrogens with zero attached hydrogens (tertiary/aromatic N) is 3. The van der Waals surface area contributed by atoms with Crippen LogP contribution in [-0.2, 0) is 16.0 Å². The second kappa shape index (κ2) is 6.89. The first-order valence-corrected chi connectivity index (χ1v) is 7.46. The average Bonchev–Trinajstić information content (AvgIpc) is 3.03. The number of halogens is 1. The Morgan fingerprint density at radius 2 is 2.24 bits per heavy atom. The Balaban J connectivity index is 1.89. The van der Waals surface area contributed by atoms with E-state index in [1.807, 2.05) is 6.92 Å². The first-order chi connectivity index (χ1) is 10.0. The van der Waals surface area contributed by atoms with Crippen LogP contribution in [0.5, 0.6) is 0 Å². The monoisotopic (exact) mass is 314 g/mol. The zero-order chi connectivity index (χ0) is 15.4. The van der Waals surface area contributed by atoms with Gasteiger partial charge in [0.1, 0.15) is 5.82 Å². The first-order valence-electron chi connectivity index (χ1n) is 7.08. The van der Waals surface area contributed by atoms with E-state index in [1.54, 1.807) is 4.90 Å². The Bertz CT molecular complexity index is 519. The van der Waals surface area contributed by atoms with Crippen LogP contribution in [0.1, 0.15) is 32.0 Å². The van der Waals surface area contributed by atoms with E-state index in [0.29, 0.717) is 25.3 Å². The lowest BCUT2D eigenvalue weighted by molar-refractivity contribution is -0.142. The van der Waals surface area contributed by atoms with E-state index in [-0.39, 0.29) is 23.5 Å². The standard InChI is InChI=1S/C13H19ClN4O3/c1-2-3-8-6-18(7-9(8)12(20)21)11(19)5-4-10-15-13(14)17-16-10/h8-9H,2-7H2,1H3,(H,20,21)(H,15,16,17)/t8-,9-/m1/s1. The summed E-state index contributed by atoms with van der Waals surface area (Å²) in [5.74, 6) is -0.699. The number of carboxylic acids is 1. The number of aromatic amines is 1. The van der Waals surface area contributed by atoms with Crippen molar-refractivity contribution in [2.24, 2.45) is 11.8 Å². The molecule has 1 aliphatic heterocycles. The van der Waals surface area contributed by atoms with Crippen molar-refractivity contribution >= 4 is 23.5 Å². The summed E-state index contributed by atoms with van der Waals surface area (Å²) in [5, 5.41) is 15.7. The predicted octanol–water partition coefficient (Wildman–Crippen LogP) is 1.35. The van der Waals surface area contributed by atoms with Crippen molar-refractivity contribution < 1.29 is 14.7 Å². The van der Waals surface area contributed by atoms with Gasteiger partial charge < -0.3 is 10.0 Å². The molecule has 1 aliphatic rings. The molecule has 0 radical (unpaired) electrons. The maximum Gasteiger partial charge on any atom is 0.308 e. The molecule has 8 heteroatoms. The van der Waals surface area contributed by atoms with E-state index >= 15 is 0 Å². The molecule has 116 valence electrons. The Labute approximate surface area is 127 Å². The Morgan fingerprint density at radius 3 is 2.81 bits per heavy atom. The molecule has 1 saturated heterocycles. The van der Waals surface area contributed by atoms with Crippen LogP contribution in [0.3, 0.4) is 0 Å². The summed E-state index contributed by atoms with van der Waals surface area (Å²) in [6.07, 6.45) is 2.45. The number of rotatable bonds is 6. The molecule has 1 aromatic rings. The number of likely N-dealkylation sites (tertiary alicyclic amines) is 1. The van der Waals surface area contributed by atoms with Crippen molar-refractivity contribution in [3.05, 3.63) is 11.1 Å². The lowest BCUT2D eigenvalue weighted by Crippen LogP contribution is -2.30. The fourth-order valence-electron chi connectivity index (χ4n) is 2.79. The van der Waals surface area contributed by atoms with E-state index in [4.69, 9.17) is 11.6 Å². The molecule has 2 rings (SSSR count). The van der Waals surface area contributed by atoms with Crippen LogP contribution < -0.4 is 0 Å². The zero-order valence-electron chi connectivity index (χ0n) is 11.9. The highest BCUT2D eigenvalue weighted by Gasteiger charge is 2.38. The minimum atomic E-state index is -0.814. The van der Waals surface area contributed by atoms with Crippen LogP contribution in [0.25, 0.3) is 0 Å². The quantitative estimate of drug-likeness (QED) is 0.825. The normalized spacial score (nSPS) is 21.7. The fourth-order valence-corrected chi connectivity index (χ4v) is 2.93. The number of nitrogens with one attached hydrogen (secondary N) is 1. The van der Waals surface area contributed by atoms with Gasteiger partial charge in [-0.25, -0.2) is 4.98 Å². The molecule has 0 aliphatic carbocycles. The third-order valence-electron chi connectivity index (χ3n) is 3.85. The highest BCUT2D eigenvalue weighted by molar-refractivity contribution is 6.28. The minimum Gasteiger partial charge on any atom is -0.481 e. The molecule has 0 saturated carbocycles. The Morgan fingerprint density at radius 1 is 1.48 bits per heavy atom. The number of carbonyl (C=O) groups excluding carboxylic acids is 1. The van der Waals surface area contributed by atoms with Gasteiger partial charge in [-0.05, 0) is 23.9 Å². The number of aromatic nitrogens is 3. The van der Waals surface area contributed by atoms with Gasteiger partial charge in [-0.2, -0.15) is 0 Å². The third kappa shape index (κ3) is 3.93. The molecule has 0 unspecified atom stereocenters. The van der Waals surface area contributed by atoms with Crippen molar-refractivity contribution in [1.29, 1.82) is 0 Å². The van der Waals surface area contributed by atoms with Crippen molar-refractivity contribution in [1.82, 2.24) is 20.1 Å². The van der Waals surface area contributed by atoms with E-state index in [9.17, 15) is 14.7 Å². The van der Waals surface area contributed by atoms with Gasteiger partial charge >= 0.3 is 5.97 Å². The first kappa shape index (κ1) is 15.8. The molecule has 7 nitrogen and oxygen atoms in total. The van der Waals surface area contributed by atoms with Crippen LogP contribution >= 0.6 is 11.6 Å². The highest BCUT2D eigenvalue weighted by Crippen LogP contribution is 2.28. The molecule has 0 bridgehead atoms. The van der Waals surface area contributed by atoms with Crippen LogP contribution in [-0.4, -0.2) is 50.2 Å². The summed E-state index contributed by atoms with van der Waals surface area (Å²) in [4.78, 5) is 29.0. The number of carboxylic acid groups (broad SMARTS) is 1. The maximum absolute atomic E-state index is 12.2. The van der Waals surface area contributed by atoms with Crippen molar-refractivity contribution in [3.8, 4) is 0 Å². The second-order valence-corrected chi connectivity index (χ2v) is 5.68. The molecule has 1 aromatic heterocycles. The number of carbonyl (C=O) groups is 2.